The van der Waals surface area contributed by atoms with E-state index in [-0.39, 0.29) is 23.7 Å². The van der Waals surface area contributed by atoms with Gasteiger partial charge in [0, 0.05) is 38.3 Å². The summed E-state index contributed by atoms with van der Waals surface area (Å²) < 4.78 is 37.8. The maximum Gasteiger partial charge on any atom is 0.270 e. The number of non-ortho nitro benzene ring substituents is 1. The Labute approximate surface area is 139 Å². The molecule has 10 heteroatoms. The van der Waals surface area contributed by atoms with Crippen LogP contribution in [-0.2, 0) is 19.5 Å². The molecular formula is C14H19N3O6S. The van der Waals surface area contributed by atoms with E-state index in [4.69, 9.17) is 9.47 Å². The van der Waals surface area contributed by atoms with Crippen LogP contribution in [-0.4, -0.2) is 70.3 Å². The Kier molecular flexibility index (Phi) is 4.99. The van der Waals surface area contributed by atoms with Gasteiger partial charge in [-0.1, -0.05) is 0 Å². The number of ether oxygens (including phenoxy) is 2. The maximum atomic E-state index is 13.0. The minimum atomic E-state index is -3.83. The molecule has 0 saturated carbocycles. The molecular weight excluding hydrogens is 338 g/mol. The molecule has 2 aliphatic rings. The molecule has 9 nitrogen and oxygen atoms in total. The first-order valence-electron chi connectivity index (χ1n) is 7.69. The van der Waals surface area contributed by atoms with Gasteiger partial charge >= 0.3 is 0 Å². The summed E-state index contributed by atoms with van der Waals surface area (Å²) in [6.45, 7) is 3.21. The molecule has 0 spiro atoms. The third-order valence-electron chi connectivity index (χ3n) is 4.09. The van der Waals surface area contributed by atoms with Gasteiger partial charge in [0.25, 0.3) is 5.69 Å². The summed E-state index contributed by atoms with van der Waals surface area (Å²) in [5.74, 6) is 0. The molecule has 2 fully saturated rings. The predicted octanol–water partition coefficient (Wildman–Crippen LogP) is 0.452. The number of hydrogen-bond donors (Lipinski definition) is 0. The van der Waals surface area contributed by atoms with Crippen LogP contribution in [0.5, 0.6) is 0 Å². The van der Waals surface area contributed by atoms with Crippen molar-refractivity contribution in [2.45, 2.75) is 4.90 Å². The van der Waals surface area contributed by atoms with Crippen molar-refractivity contribution >= 4 is 21.4 Å². The predicted molar refractivity (Wildman–Crippen MR) is 85.7 cm³/mol. The smallest absolute Gasteiger partial charge is 0.270 e. The topological polar surface area (TPSA) is 102 Å². The molecule has 0 radical (unpaired) electrons. The normalized spacial score (nSPS) is 20.1. The van der Waals surface area contributed by atoms with Gasteiger partial charge in [0.2, 0.25) is 10.0 Å². The fourth-order valence-electron chi connectivity index (χ4n) is 2.81. The number of anilines is 1. The molecule has 1 aromatic carbocycles. The van der Waals surface area contributed by atoms with E-state index >= 15 is 0 Å². The first-order valence-corrected chi connectivity index (χ1v) is 9.13. The van der Waals surface area contributed by atoms with Crippen LogP contribution < -0.4 is 4.90 Å². The fourth-order valence-corrected chi connectivity index (χ4v) is 4.45. The number of nitrogens with zero attached hydrogens (tertiary/aromatic N) is 3. The van der Waals surface area contributed by atoms with Gasteiger partial charge in [-0.3, -0.25) is 10.1 Å². The zero-order chi connectivity index (χ0) is 17.2. The van der Waals surface area contributed by atoms with Crippen molar-refractivity contribution in [2.24, 2.45) is 0 Å². The fraction of sp³-hybridized carbons (Fsp3) is 0.571. The lowest BCUT2D eigenvalue weighted by Crippen LogP contribution is -2.42. The highest BCUT2D eigenvalue weighted by atomic mass is 32.2. The van der Waals surface area contributed by atoms with Gasteiger partial charge in [-0.15, -0.1) is 0 Å². The molecule has 0 amide bonds. The number of nitro benzene ring substituents is 1. The lowest BCUT2D eigenvalue weighted by Gasteiger charge is -2.32. The van der Waals surface area contributed by atoms with Crippen LogP contribution in [0.4, 0.5) is 11.4 Å². The van der Waals surface area contributed by atoms with Crippen LogP contribution in [0.3, 0.4) is 0 Å². The monoisotopic (exact) mass is 357 g/mol. The summed E-state index contributed by atoms with van der Waals surface area (Å²) in [7, 11) is -3.83. The van der Waals surface area contributed by atoms with E-state index in [0.717, 1.165) is 6.07 Å². The molecule has 0 unspecified atom stereocenters. The third kappa shape index (κ3) is 3.36. The molecule has 132 valence electrons. The zero-order valence-corrected chi connectivity index (χ0v) is 13.9. The molecule has 3 rings (SSSR count). The largest absolute Gasteiger partial charge is 0.379 e. The highest BCUT2D eigenvalue weighted by Crippen LogP contribution is 2.32. The molecule has 0 N–H and O–H groups in total. The van der Waals surface area contributed by atoms with E-state index in [1.54, 1.807) is 0 Å². The molecule has 2 saturated heterocycles. The van der Waals surface area contributed by atoms with Crippen LogP contribution in [0.15, 0.2) is 23.1 Å². The summed E-state index contributed by atoms with van der Waals surface area (Å²) in [6, 6.07) is 4.00. The Hall–Kier alpha value is -1.75. The standard InChI is InChI=1S/C14H19N3O6S/c18-17(19)12-1-2-13(15-3-7-22-8-4-15)14(11-12)24(20,21)16-5-9-23-10-6-16/h1-2,11H,3-10H2. The molecule has 1 aromatic rings. The van der Waals surface area contributed by atoms with Gasteiger partial charge in [-0.05, 0) is 6.07 Å². The second-order valence-corrected chi connectivity index (χ2v) is 7.43. The minimum absolute atomic E-state index is 0.0273. The van der Waals surface area contributed by atoms with Crippen molar-refractivity contribution < 1.29 is 22.8 Å². The zero-order valence-electron chi connectivity index (χ0n) is 13.1. The highest BCUT2D eigenvalue weighted by molar-refractivity contribution is 7.89. The van der Waals surface area contributed by atoms with Crippen molar-refractivity contribution in [3.05, 3.63) is 28.3 Å². The van der Waals surface area contributed by atoms with Crippen LogP contribution in [0.2, 0.25) is 0 Å². The summed E-state index contributed by atoms with van der Waals surface area (Å²) >= 11 is 0. The van der Waals surface area contributed by atoms with Crippen molar-refractivity contribution in [2.75, 3.05) is 57.5 Å². The summed E-state index contributed by atoms with van der Waals surface area (Å²) in [5.41, 5.74) is 0.245. The lowest BCUT2D eigenvalue weighted by molar-refractivity contribution is -0.385. The first kappa shape index (κ1) is 17.1. The van der Waals surface area contributed by atoms with E-state index < -0.39 is 14.9 Å². The SMILES string of the molecule is O=[N+]([O-])c1ccc(N2CCOCC2)c(S(=O)(=O)N2CCOCC2)c1. The molecule has 0 bridgehead atoms. The van der Waals surface area contributed by atoms with Crippen LogP contribution >= 0.6 is 0 Å². The summed E-state index contributed by atoms with van der Waals surface area (Å²) in [6.07, 6.45) is 0. The number of benzene rings is 1. The van der Waals surface area contributed by atoms with Crippen LogP contribution in [0.25, 0.3) is 0 Å². The van der Waals surface area contributed by atoms with Crippen LogP contribution in [0, 0.1) is 10.1 Å². The number of morpholine rings is 2. The van der Waals surface area contributed by atoms with Crippen molar-refractivity contribution in [3.63, 3.8) is 0 Å². The Balaban J connectivity index is 2.04. The molecule has 2 aliphatic heterocycles. The van der Waals surface area contributed by atoms with Gasteiger partial charge in [0.1, 0.15) is 4.90 Å². The van der Waals surface area contributed by atoms with Gasteiger partial charge < -0.3 is 14.4 Å². The molecule has 0 atom stereocenters. The van der Waals surface area contributed by atoms with E-state index in [2.05, 4.69) is 0 Å². The second kappa shape index (κ2) is 7.01. The Morgan fingerprint density at radius 3 is 2.17 bits per heavy atom. The average Bonchev–Trinajstić information content (AvgIpc) is 2.62. The molecule has 2 heterocycles. The minimum Gasteiger partial charge on any atom is -0.379 e. The van der Waals surface area contributed by atoms with Crippen LogP contribution in [0.1, 0.15) is 0 Å². The third-order valence-corrected chi connectivity index (χ3v) is 6.02. The van der Waals surface area contributed by atoms with Gasteiger partial charge in [0.15, 0.2) is 0 Å². The Bertz CT molecular complexity index is 711. The quantitative estimate of drug-likeness (QED) is 0.569. The van der Waals surface area contributed by atoms with E-state index in [1.807, 2.05) is 4.90 Å². The van der Waals surface area contributed by atoms with Gasteiger partial charge in [0.05, 0.1) is 37.0 Å². The number of rotatable bonds is 4. The molecule has 24 heavy (non-hydrogen) atoms. The highest BCUT2D eigenvalue weighted by Gasteiger charge is 2.32. The number of sulfonamides is 1. The van der Waals surface area contributed by atoms with Crippen molar-refractivity contribution in [1.29, 1.82) is 0 Å². The van der Waals surface area contributed by atoms with E-state index in [9.17, 15) is 18.5 Å². The summed E-state index contributed by atoms with van der Waals surface area (Å²) in [5, 5.41) is 11.1. The van der Waals surface area contributed by atoms with Crippen molar-refractivity contribution in [3.8, 4) is 0 Å². The molecule has 0 aromatic heterocycles. The van der Waals surface area contributed by atoms with Gasteiger partial charge in [-0.25, -0.2) is 8.42 Å². The first-order chi connectivity index (χ1) is 11.5. The van der Waals surface area contributed by atoms with E-state index in [0.29, 0.717) is 45.2 Å². The lowest BCUT2D eigenvalue weighted by atomic mass is 10.2. The van der Waals surface area contributed by atoms with Crippen molar-refractivity contribution in [1.82, 2.24) is 4.31 Å². The Morgan fingerprint density at radius 2 is 1.58 bits per heavy atom. The second-order valence-electron chi connectivity index (χ2n) is 5.53. The van der Waals surface area contributed by atoms with E-state index in [1.165, 1.54) is 16.4 Å². The number of nitro groups is 1. The summed E-state index contributed by atoms with van der Waals surface area (Å²) in [4.78, 5) is 12.4. The molecule has 0 aliphatic carbocycles. The van der Waals surface area contributed by atoms with Gasteiger partial charge in [-0.2, -0.15) is 4.31 Å². The average molecular weight is 357 g/mol. The Morgan fingerprint density at radius 1 is 1.00 bits per heavy atom. The number of hydrogen-bond acceptors (Lipinski definition) is 7. The maximum absolute atomic E-state index is 13.0.